The van der Waals surface area contributed by atoms with E-state index in [-0.39, 0.29) is 30.8 Å². The Morgan fingerprint density at radius 1 is 0.889 bits per heavy atom. The number of rotatable bonds is 10. The fourth-order valence-corrected chi connectivity index (χ4v) is 2.83. The lowest BCUT2D eigenvalue weighted by molar-refractivity contribution is -0.132. The molecular weight excluding hydrogens is 344 g/mol. The molecule has 0 heterocycles. The molecule has 7 heteroatoms. The van der Waals surface area contributed by atoms with E-state index in [1.54, 1.807) is 46.0 Å². The largest absolute Gasteiger partial charge is 0.342 e. The molecule has 0 unspecified atom stereocenters. The molecule has 1 aromatic carbocycles. The molecule has 0 aliphatic heterocycles. The Labute approximate surface area is 162 Å². The van der Waals surface area contributed by atoms with E-state index < -0.39 is 0 Å². The van der Waals surface area contributed by atoms with E-state index in [2.05, 4.69) is 5.32 Å². The van der Waals surface area contributed by atoms with Crippen molar-refractivity contribution in [2.75, 3.05) is 51.6 Å². The summed E-state index contributed by atoms with van der Waals surface area (Å²) in [6.45, 7) is 10.6. The van der Waals surface area contributed by atoms with E-state index in [4.69, 9.17) is 0 Å². The van der Waals surface area contributed by atoms with Crippen molar-refractivity contribution in [1.82, 2.24) is 14.7 Å². The molecule has 0 atom stereocenters. The van der Waals surface area contributed by atoms with Gasteiger partial charge in [-0.3, -0.25) is 19.3 Å². The third-order valence-electron chi connectivity index (χ3n) is 4.38. The van der Waals surface area contributed by atoms with Crippen molar-refractivity contribution < 1.29 is 14.4 Å². The van der Waals surface area contributed by atoms with E-state index in [0.29, 0.717) is 37.4 Å². The Morgan fingerprint density at radius 3 is 2.04 bits per heavy atom. The van der Waals surface area contributed by atoms with Crippen molar-refractivity contribution in [3.05, 3.63) is 29.8 Å². The second-order valence-corrected chi connectivity index (χ2v) is 6.34. The average Bonchev–Trinajstić information content (AvgIpc) is 2.63. The van der Waals surface area contributed by atoms with Gasteiger partial charge in [-0.15, -0.1) is 0 Å². The van der Waals surface area contributed by atoms with Crippen LogP contribution >= 0.6 is 0 Å². The number of carbonyl (C=O) groups is 3. The molecular formula is C20H32N4O3. The predicted octanol–water partition coefficient (Wildman–Crippen LogP) is 1.91. The molecule has 0 bridgehead atoms. The smallest absolute Gasteiger partial charge is 0.253 e. The van der Waals surface area contributed by atoms with Crippen LogP contribution < -0.4 is 5.32 Å². The molecule has 0 saturated heterocycles. The van der Waals surface area contributed by atoms with E-state index in [9.17, 15) is 14.4 Å². The fraction of sp³-hybridized carbons (Fsp3) is 0.550. The first-order valence-electron chi connectivity index (χ1n) is 9.51. The lowest BCUT2D eigenvalue weighted by Crippen LogP contribution is -2.41. The Bertz CT molecular complexity index is 640. The third-order valence-corrected chi connectivity index (χ3v) is 4.38. The molecule has 0 aliphatic rings. The lowest BCUT2D eigenvalue weighted by Gasteiger charge is -2.22. The first-order chi connectivity index (χ1) is 12.9. The standard InChI is InChI=1S/C20H32N4O3/c1-6-23(7-2)19(26)15-22(5)14-18(25)21-17-12-10-11-16(13-17)20(27)24(8-3)9-4/h10-13H,6-9,14-15H2,1-5H3,(H,21,25). The first kappa shape index (κ1) is 22.6. The molecule has 1 rings (SSSR count). The van der Waals surface area contributed by atoms with Crippen molar-refractivity contribution in [3.63, 3.8) is 0 Å². The summed E-state index contributed by atoms with van der Waals surface area (Å²) >= 11 is 0. The van der Waals surface area contributed by atoms with Crippen LogP contribution in [0.15, 0.2) is 24.3 Å². The normalized spacial score (nSPS) is 10.6. The zero-order chi connectivity index (χ0) is 20.4. The minimum atomic E-state index is -0.225. The van der Waals surface area contributed by atoms with Crippen LogP contribution in [0.5, 0.6) is 0 Å². The quantitative estimate of drug-likeness (QED) is 0.677. The van der Waals surface area contributed by atoms with Crippen LogP contribution in [0.2, 0.25) is 0 Å². The number of amides is 3. The van der Waals surface area contributed by atoms with Gasteiger partial charge in [0.05, 0.1) is 13.1 Å². The molecule has 7 nitrogen and oxygen atoms in total. The number of hydrogen-bond acceptors (Lipinski definition) is 4. The summed E-state index contributed by atoms with van der Waals surface area (Å²) in [6, 6.07) is 6.92. The lowest BCUT2D eigenvalue weighted by atomic mass is 10.1. The zero-order valence-corrected chi connectivity index (χ0v) is 17.1. The molecule has 0 radical (unpaired) electrons. The van der Waals surface area contributed by atoms with E-state index in [1.807, 2.05) is 27.7 Å². The fourth-order valence-electron chi connectivity index (χ4n) is 2.83. The van der Waals surface area contributed by atoms with Crippen molar-refractivity contribution in [2.24, 2.45) is 0 Å². The highest BCUT2D eigenvalue weighted by Gasteiger charge is 2.16. The van der Waals surface area contributed by atoms with Crippen LogP contribution in [0.4, 0.5) is 5.69 Å². The number of nitrogens with zero attached hydrogens (tertiary/aromatic N) is 3. The van der Waals surface area contributed by atoms with Gasteiger partial charge in [0.1, 0.15) is 0 Å². The van der Waals surface area contributed by atoms with Crippen molar-refractivity contribution in [2.45, 2.75) is 27.7 Å². The summed E-state index contributed by atoms with van der Waals surface area (Å²) in [4.78, 5) is 41.9. The number of carbonyl (C=O) groups excluding carboxylic acids is 3. The Hall–Kier alpha value is -2.41. The average molecular weight is 377 g/mol. The highest BCUT2D eigenvalue weighted by atomic mass is 16.2. The Balaban J connectivity index is 2.66. The van der Waals surface area contributed by atoms with E-state index in [0.717, 1.165) is 0 Å². The maximum Gasteiger partial charge on any atom is 0.253 e. The number of anilines is 1. The SMILES string of the molecule is CCN(CC)C(=O)CN(C)CC(=O)Nc1cccc(C(=O)N(CC)CC)c1. The summed E-state index contributed by atoms with van der Waals surface area (Å²) in [5, 5.41) is 2.80. The third kappa shape index (κ3) is 7.02. The van der Waals surface area contributed by atoms with Crippen LogP contribution in [0.1, 0.15) is 38.1 Å². The number of nitrogens with one attached hydrogen (secondary N) is 1. The van der Waals surface area contributed by atoms with Gasteiger partial charge in [-0.1, -0.05) is 6.07 Å². The van der Waals surface area contributed by atoms with E-state index >= 15 is 0 Å². The maximum atomic E-state index is 12.4. The number of likely N-dealkylation sites (N-methyl/N-ethyl adjacent to an activating group) is 2. The van der Waals surface area contributed by atoms with Crippen molar-refractivity contribution >= 4 is 23.4 Å². The van der Waals surface area contributed by atoms with Gasteiger partial charge in [-0.2, -0.15) is 0 Å². The summed E-state index contributed by atoms with van der Waals surface area (Å²) in [5.74, 6) is -0.280. The van der Waals surface area contributed by atoms with Gasteiger partial charge in [0.25, 0.3) is 5.91 Å². The molecule has 0 saturated carbocycles. The molecule has 0 aromatic heterocycles. The van der Waals surface area contributed by atoms with Crippen LogP contribution in [0.3, 0.4) is 0 Å². The van der Waals surface area contributed by atoms with Crippen molar-refractivity contribution in [1.29, 1.82) is 0 Å². The van der Waals surface area contributed by atoms with Crippen LogP contribution in [0, 0.1) is 0 Å². The summed E-state index contributed by atoms with van der Waals surface area (Å²) in [7, 11) is 1.74. The molecule has 1 aromatic rings. The Morgan fingerprint density at radius 2 is 1.48 bits per heavy atom. The second kappa shape index (κ2) is 11.3. The molecule has 150 valence electrons. The minimum absolute atomic E-state index is 0.00196. The molecule has 27 heavy (non-hydrogen) atoms. The molecule has 1 N–H and O–H groups in total. The topological polar surface area (TPSA) is 73.0 Å². The molecule has 0 spiro atoms. The van der Waals surface area contributed by atoms with Gasteiger partial charge >= 0.3 is 0 Å². The summed E-state index contributed by atoms with van der Waals surface area (Å²) in [5.41, 5.74) is 1.11. The maximum absolute atomic E-state index is 12.4. The van der Waals surface area contributed by atoms with Gasteiger partial charge in [-0.25, -0.2) is 0 Å². The molecule has 3 amide bonds. The highest BCUT2D eigenvalue weighted by molar-refractivity contribution is 5.97. The molecule has 0 fully saturated rings. The van der Waals surface area contributed by atoms with Crippen LogP contribution in [0.25, 0.3) is 0 Å². The zero-order valence-electron chi connectivity index (χ0n) is 17.1. The van der Waals surface area contributed by atoms with Crippen LogP contribution in [-0.4, -0.2) is 78.7 Å². The number of benzene rings is 1. The summed E-state index contributed by atoms with van der Waals surface area (Å²) < 4.78 is 0. The van der Waals surface area contributed by atoms with E-state index in [1.165, 1.54) is 0 Å². The van der Waals surface area contributed by atoms with Gasteiger partial charge in [0.15, 0.2) is 0 Å². The molecule has 0 aliphatic carbocycles. The number of hydrogen-bond donors (Lipinski definition) is 1. The van der Waals surface area contributed by atoms with Gasteiger partial charge < -0.3 is 15.1 Å². The van der Waals surface area contributed by atoms with Crippen molar-refractivity contribution in [3.8, 4) is 0 Å². The predicted molar refractivity (Wildman–Crippen MR) is 108 cm³/mol. The van der Waals surface area contributed by atoms with Crippen LogP contribution in [-0.2, 0) is 9.59 Å². The van der Waals surface area contributed by atoms with Gasteiger partial charge in [-0.05, 0) is 52.9 Å². The Kier molecular flexibility index (Phi) is 9.50. The highest BCUT2D eigenvalue weighted by Crippen LogP contribution is 2.13. The van der Waals surface area contributed by atoms with Gasteiger partial charge in [0, 0.05) is 37.4 Å². The minimum Gasteiger partial charge on any atom is -0.342 e. The monoisotopic (exact) mass is 376 g/mol. The summed E-state index contributed by atoms with van der Waals surface area (Å²) in [6.07, 6.45) is 0. The van der Waals surface area contributed by atoms with Gasteiger partial charge in [0.2, 0.25) is 11.8 Å². The first-order valence-corrected chi connectivity index (χ1v) is 9.51. The second-order valence-electron chi connectivity index (χ2n) is 6.34.